The Kier molecular flexibility index (Phi) is 6.16. The molecule has 0 radical (unpaired) electrons. The lowest BCUT2D eigenvalue weighted by Gasteiger charge is -2.10. The third-order valence-electron chi connectivity index (χ3n) is 5.14. The molecular weight excluding hydrogens is 336 g/mol. The molecule has 0 aliphatic carbocycles. The zero-order valence-corrected chi connectivity index (χ0v) is 16.7. The van der Waals surface area contributed by atoms with E-state index in [0.717, 1.165) is 30.7 Å². The zero-order valence-electron chi connectivity index (χ0n) is 16.0. The predicted molar refractivity (Wildman–Crippen MR) is 113 cm³/mol. The van der Waals surface area contributed by atoms with Crippen LogP contribution in [0.25, 0.3) is 0 Å². The van der Waals surface area contributed by atoms with Crippen molar-refractivity contribution in [1.82, 2.24) is 0 Å². The summed E-state index contributed by atoms with van der Waals surface area (Å²) in [5, 5.41) is 0.865. The molecule has 0 saturated carbocycles. The summed E-state index contributed by atoms with van der Waals surface area (Å²) in [4.78, 5) is 0. The summed E-state index contributed by atoms with van der Waals surface area (Å²) in [5.74, 6) is 0. The van der Waals surface area contributed by atoms with Gasteiger partial charge in [-0.3, -0.25) is 0 Å². The van der Waals surface area contributed by atoms with Crippen molar-refractivity contribution in [2.75, 3.05) is 0 Å². The minimum Gasteiger partial charge on any atom is -0.0840 e. The van der Waals surface area contributed by atoms with E-state index in [0.29, 0.717) is 0 Å². The molecule has 0 nitrogen and oxygen atoms in total. The maximum atomic E-state index is 6.58. The fraction of sp³-hybridized carbons (Fsp3) is 0.280. The van der Waals surface area contributed by atoms with Crippen LogP contribution in [0.2, 0.25) is 5.02 Å². The summed E-state index contributed by atoms with van der Waals surface area (Å²) in [6.07, 6.45) is 3.98. The number of hydrogen-bond donors (Lipinski definition) is 0. The van der Waals surface area contributed by atoms with Gasteiger partial charge in [-0.15, -0.1) is 0 Å². The van der Waals surface area contributed by atoms with Gasteiger partial charge in [-0.2, -0.15) is 0 Å². The van der Waals surface area contributed by atoms with Crippen LogP contribution >= 0.6 is 11.6 Å². The Morgan fingerprint density at radius 3 is 1.77 bits per heavy atom. The largest absolute Gasteiger partial charge is 0.0840 e. The van der Waals surface area contributed by atoms with Gasteiger partial charge in [0.2, 0.25) is 0 Å². The molecule has 26 heavy (non-hydrogen) atoms. The van der Waals surface area contributed by atoms with Crippen molar-refractivity contribution in [1.29, 1.82) is 0 Å². The molecule has 0 amide bonds. The first-order valence-corrected chi connectivity index (χ1v) is 9.90. The molecule has 0 saturated heterocycles. The Balaban J connectivity index is 1.73. The second-order valence-corrected chi connectivity index (χ2v) is 7.47. The second kappa shape index (κ2) is 8.56. The van der Waals surface area contributed by atoms with E-state index in [1.54, 1.807) is 0 Å². The Morgan fingerprint density at radius 1 is 0.615 bits per heavy atom. The minimum absolute atomic E-state index is 0.865. The van der Waals surface area contributed by atoms with Gasteiger partial charge < -0.3 is 0 Å². The summed E-state index contributed by atoms with van der Waals surface area (Å²) < 4.78 is 0. The minimum atomic E-state index is 0.865. The van der Waals surface area contributed by atoms with E-state index < -0.39 is 0 Å². The Bertz CT molecular complexity index is 875. The maximum absolute atomic E-state index is 6.58. The SMILES string of the molecule is CCc1ccc(Cc2ccc(Cc3ccc(CC)c(C)c3)cc2Cl)cc1. The Morgan fingerprint density at radius 2 is 1.19 bits per heavy atom. The molecule has 0 unspecified atom stereocenters. The summed E-state index contributed by atoms with van der Waals surface area (Å²) in [6.45, 7) is 6.58. The predicted octanol–water partition coefficient (Wildman–Crippen LogP) is 6.95. The monoisotopic (exact) mass is 362 g/mol. The molecule has 0 heterocycles. The van der Waals surface area contributed by atoms with Crippen LogP contribution in [-0.4, -0.2) is 0 Å². The highest BCUT2D eigenvalue weighted by Crippen LogP contribution is 2.23. The molecule has 0 aliphatic rings. The summed E-state index contributed by atoms with van der Waals surface area (Å²) in [7, 11) is 0. The number of benzene rings is 3. The lowest BCUT2D eigenvalue weighted by molar-refractivity contribution is 1.08. The van der Waals surface area contributed by atoms with E-state index in [1.165, 1.54) is 38.9 Å². The van der Waals surface area contributed by atoms with E-state index in [9.17, 15) is 0 Å². The molecule has 0 aromatic heterocycles. The van der Waals surface area contributed by atoms with Gasteiger partial charge in [0.25, 0.3) is 0 Å². The number of hydrogen-bond acceptors (Lipinski definition) is 0. The quantitative estimate of drug-likeness (QED) is 0.444. The van der Waals surface area contributed by atoms with Gasteiger partial charge in [-0.25, -0.2) is 0 Å². The first-order valence-electron chi connectivity index (χ1n) is 9.52. The second-order valence-electron chi connectivity index (χ2n) is 7.06. The van der Waals surface area contributed by atoms with Gasteiger partial charge in [0, 0.05) is 5.02 Å². The molecular formula is C25H27Cl. The lowest BCUT2D eigenvalue weighted by Crippen LogP contribution is -1.95. The highest BCUT2D eigenvalue weighted by atomic mass is 35.5. The average Bonchev–Trinajstić information content (AvgIpc) is 2.65. The smallest absolute Gasteiger partial charge is 0.0444 e. The number of rotatable bonds is 6. The molecule has 1 heteroatoms. The van der Waals surface area contributed by atoms with Crippen molar-refractivity contribution in [3.05, 3.63) is 105 Å². The van der Waals surface area contributed by atoms with E-state index in [4.69, 9.17) is 11.6 Å². The van der Waals surface area contributed by atoms with E-state index in [2.05, 4.69) is 81.4 Å². The maximum Gasteiger partial charge on any atom is 0.0444 e. The van der Waals surface area contributed by atoms with Crippen molar-refractivity contribution in [2.45, 2.75) is 46.5 Å². The van der Waals surface area contributed by atoms with Gasteiger partial charge in [-0.05, 0) is 77.6 Å². The van der Waals surface area contributed by atoms with Crippen LogP contribution in [0.5, 0.6) is 0 Å². The fourth-order valence-electron chi connectivity index (χ4n) is 3.46. The van der Waals surface area contributed by atoms with Crippen molar-refractivity contribution in [3.8, 4) is 0 Å². The van der Waals surface area contributed by atoms with E-state index >= 15 is 0 Å². The summed E-state index contributed by atoms with van der Waals surface area (Å²) in [5.41, 5.74) is 9.29. The van der Waals surface area contributed by atoms with Gasteiger partial charge in [0.05, 0.1) is 0 Å². The van der Waals surface area contributed by atoms with Gasteiger partial charge >= 0.3 is 0 Å². The van der Waals surface area contributed by atoms with Gasteiger partial charge in [0.15, 0.2) is 0 Å². The van der Waals surface area contributed by atoms with Crippen LogP contribution in [-0.2, 0) is 25.7 Å². The normalized spacial score (nSPS) is 10.9. The van der Waals surface area contributed by atoms with Crippen molar-refractivity contribution >= 4 is 11.6 Å². The molecule has 0 fully saturated rings. The molecule has 3 aromatic carbocycles. The molecule has 0 spiro atoms. The highest BCUT2D eigenvalue weighted by molar-refractivity contribution is 6.31. The van der Waals surface area contributed by atoms with E-state index in [1.807, 2.05) is 0 Å². The Hall–Kier alpha value is -2.05. The molecule has 0 bridgehead atoms. The van der Waals surface area contributed by atoms with E-state index in [-0.39, 0.29) is 0 Å². The van der Waals surface area contributed by atoms with Crippen LogP contribution < -0.4 is 0 Å². The highest BCUT2D eigenvalue weighted by Gasteiger charge is 2.06. The van der Waals surface area contributed by atoms with Gasteiger partial charge in [-0.1, -0.05) is 80.0 Å². The molecule has 0 N–H and O–H groups in total. The standard InChI is InChI=1S/C25H27Cl/c1-4-19-6-8-20(9-7-19)16-24-13-11-22(17-25(24)26)15-21-10-12-23(5-2)18(3)14-21/h6-14,17H,4-5,15-16H2,1-3H3. The van der Waals surface area contributed by atoms with Crippen LogP contribution in [0.4, 0.5) is 0 Å². The summed E-state index contributed by atoms with van der Waals surface area (Å²) >= 11 is 6.58. The van der Waals surface area contributed by atoms with Crippen LogP contribution in [0, 0.1) is 6.92 Å². The first-order chi connectivity index (χ1) is 12.6. The average molecular weight is 363 g/mol. The fourth-order valence-corrected chi connectivity index (χ4v) is 3.73. The molecule has 0 atom stereocenters. The lowest BCUT2D eigenvalue weighted by atomic mass is 9.97. The van der Waals surface area contributed by atoms with Gasteiger partial charge in [0.1, 0.15) is 0 Å². The van der Waals surface area contributed by atoms with Crippen molar-refractivity contribution < 1.29 is 0 Å². The van der Waals surface area contributed by atoms with Crippen LogP contribution in [0.15, 0.2) is 60.7 Å². The number of halogens is 1. The van der Waals surface area contributed by atoms with Crippen molar-refractivity contribution in [3.63, 3.8) is 0 Å². The third-order valence-corrected chi connectivity index (χ3v) is 5.49. The molecule has 3 aromatic rings. The third kappa shape index (κ3) is 4.56. The van der Waals surface area contributed by atoms with Crippen LogP contribution in [0.3, 0.4) is 0 Å². The Labute approximate surface area is 162 Å². The molecule has 3 rings (SSSR count). The van der Waals surface area contributed by atoms with Crippen LogP contribution in [0.1, 0.15) is 52.8 Å². The zero-order chi connectivity index (χ0) is 18.5. The number of aryl methyl sites for hydroxylation is 3. The summed E-state index contributed by atoms with van der Waals surface area (Å²) in [6, 6.07) is 22.1. The topological polar surface area (TPSA) is 0 Å². The molecule has 134 valence electrons. The van der Waals surface area contributed by atoms with Crippen molar-refractivity contribution in [2.24, 2.45) is 0 Å². The molecule has 0 aliphatic heterocycles. The first kappa shape index (κ1) is 18.7.